The molecule has 1 N–H and O–H groups in total. The highest BCUT2D eigenvalue weighted by Crippen LogP contribution is 2.15. The van der Waals surface area contributed by atoms with Crippen molar-refractivity contribution in [2.24, 2.45) is 0 Å². The summed E-state index contributed by atoms with van der Waals surface area (Å²) in [5.41, 5.74) is 2.84. The number of nitrogens with one attached hydrogen (secondary N) is 1. The van der Waals surface area contributed by atoms with E-state index in [0.717, 1.165) is 26.2 Å². The minimum Gasteiger partial charge on any atom is -0.313 e. The maximum atomic E-state index is 3.48. The molecular formula is C17H30N2. The average Bonchev–Trinajstić information content (AvgIpc) is 2.37. The fraction of sp³-hybridized carbons (Fsp3) is 0.647. The Labute approximate surface area is 119 Å². The molecule has 0 aromatic heterocycles. The molecule has 0 unspecified atom stereocenters. The van der Waals surface area contributed by atoms with E-state index in [9.17, 15) is 0 Å². The zero-order valence-electron chi connectivity index (χ0n) is 13.2. The van der Waals surface area contributed by atoms with E-state index >= 15 is 0 Å². The predicted octanol–water partition coefficient (Wildman–Crippen LogP) is 3.63. The topological polar surface area (TPSA) is 15.3 Å². The molecule has 19 heavy (non-hydrogen) atoms. The van der Waals surface area contributed by atoms with Crippen LogP contribution in [0.25, 0.3) is 0 Å². The third kappa shape index (κ3) is 6.22. The molecule has 1 rings (SSSR count). The molecule has 0 heterocycles. The Hall–Kier alpha value is -0.860. The highest BCUT2D eigenvalue weighted by molar-refractivity contribution is 5.24. The number of rotatable bonds is 8. The molecule has 0 amide bonds. The molecule has 0 fully saturated rings. The minimum absolute atomic E-state index is 0.573. The van der Waals surface area contributed by atoms with Crippen molar-refractivity contribution in [3.63, 3.8) is 0 Å². The first-order valence-electron chi connectivity index (χ1n) is 7.57. The van der Waals surface area contributed by atoms with Gasteiger partial charge in [-0.1, -0.05) is 58.9 Å². The van der Waals surface area contributed by atoms with Gasteiger partial charge in [0.25, 0.3) is 0 Å². The summed E-state index contributed by atoms with van der Waals surface area (Å²) >= 11 is 0. The average molecular weight is 262 g/mol. The number of nitrogens with zero attached hydrogens (tertiary/aromatic N) is 1. The van der Waals surface area contributed by atoms with Gasteiger partial charge in [-0.25, -0.2) is 0 Å². The molecule has 1 aromatic carbocycles. The van der Waals surface area contributed by atoms with Gasteiger partial charge in [0.05, 0.1) is 0 Å². The van der Waals surface area contributed by atoms with E-state index in [2.05, 4.69) is 69.1 Å². The van der Waals surface area contributed by atoms with Gasteiger partial charge in [-0.05, 0) is 23.6 Å². The van der Waals surface area contributed by atoms with Crippen LogP contribution in [-0.4, -0.2) is 30.6 Å². The lowest BCUT2D eigenvalue weighted by molar-refractivity contribution is 0.276. The van der Waals surface area contributed by atoms with Gasteiger partial charge < -0.3 is 5.32 Å². The van der Waals surface area contributed by atoms with Crippen LogP contribution < -0.4 is 5.32 Å². The zero-order valence-corrected chi connectivity index (χ0v) is 13.2. The van der Waals surface area contributed by atoms with Gasteiger partial charge in [-0.2, -0.15) is 0 Å². The minimum atomic E-state index is 0.573. The molecule has 0 bridgehead atoms. The van der Waals surface area contributed by atoms with Crippen LogP contribution >= 0.6 is 0 Å². The molecule has 1 aromatic rings. The van der Waals surface area contributed by atoms with Crippen LogP contribution in [0.15, 0.2) is 24.3 Å². The SMILES string of the molecule is CCN(CCNC(C)C)Cc1ccc(C(C)C)cc1. The van der Waals surface area contributed by atoms with Gasteiger partial charge in [0, 0.05) is 25.7 Å². The lowest BCUT2D eigenvalue weighted by Gasteiger charge is -2.21. The van der Waals surface area contributed by atoms with Crippen LogP contribution in [0.3, 0.4) is 0 Å². The quantitative estimate of drug-likeness (QED) is 0.769. The lowest BCUT2D eigenvalue weighted by Crippen LogP contribution is -2.34. The summed E-state index contributed by atoms with van der Waals surface area (Å²) in [5.74, 6) is 0.617. The molecule has 0 atom stereocenters. The van der Waals surface area contributed by atoms with E-state index in [0.29, 0.717) is 12.0 Å². The summed E-state index contributed by atoms with van der Waals surface area (Å²) in [6.07, 6.45) is 0. The van der Waals surface area contributed by atoms with Crippen molar-refractivity contribution in [3.8, 4) is 0 Å². The first-order chi connectivity index (χ1) is 9.02. The van der Waals surface area contributed by atoms with Crippen LogP contribution in [0.1, 0.15) is 51.7 Å². The molecule has 2 nitrogen and oxygen atoms in total. The Balaban J connectivity index is 2.46. The second-order valence-electron chi connectivity index (χ2n) is 5.87. The number of hydrogen-bond donors (Lipinski definition) is 1. The Morgan fingerprint density at radius 1 is 1.05 bits per heavy atom. The molecule has 0 aliphatic rings. The van der Waals surface area contributed by atoms with Crippen molar-refractivity contribution < 1.29 is 0 Å². The van der Waals surface area contributed by atoms with Crippen molar-refractivity contribution in [1.82, 2.24) is 10.2 Å². The second kappa shape index (κ2) is 8.34. The first kappa shape index (κ1) is 16.2. The van der Waals surface area contributed by atoms with E-state index in [4.69, 9.17) is 0 Å². The van der Waals surface area contributed by atoms with Crippen LogP contribution in [0.5, 0.6) is 0 Å². The van der Waals surface area contributed by atoms with Gasteiger partial charge in [0.2, 0.25) is 0 Å². The van der Waals surface area contributed by atoms with E-state index in [1.165, 1.54) is 11.1 Å². The molecular weight excluding hydrogens is 232 g/mol. The second-order valence-corrected chi connectivity index (χ2v) is 5.87. The predicted molar refractivity (Wildman–Crippen MR) is 84.6 cm³/mol. The number of hydrogen-bond acceptors (Lipinski definition) is 2. The summed E-state index contributed by atoms with van der Waals surface area (Å²) in [6, 6.07) is 9.64. The van der Waals surface area contributed by atoms with Crippen LogP contribution in [0, 0.1) is 0 Å². The highest BCUT2D eigenvalue weighted by Gasteiger charge is 2.05. The number of likely N-dealkylation sites (N-methyl/N-ethyl adjacent to an activating group) is 1. The Bertz CT molecular complexity index is 341. The van der Waals surface area contributed by atoms with Crippen molar-refractivity contribution in [3.05, 3.63) is 35.4 Å². The largest absolute Gasteiger partial charge is 0.313 e. The normalized spacial score (nSPS) is 11.8. The Morgan fingerprint density at radius 3 is 2.16 bits per heavy atom. The van der Waals surface area contributed by atoms with Gasteiger partial charge in [0.1, 0.15) is 0 Å². The Kier molecular flexibility index (Phi) is 7.11. The molecule has 0 saturated heterocycles. The van der Waals surface area contributed by atoms with Crippen molar-refractivity contribution in [1.29, 1.82) is 0 Å². The van der Waals surface area contributed by atoms with Crippen LogP contribution in [-0.2, 0) is 6.54 Å². The van der Waals surface area contributed by atoms with Crippen molar-refractivity contribution in [2.75, 3.05) is 19.6 Å². The van der Waals surface area contributed by atoms with Crippen LogP contribution in [0.2, 0.25) is 0 Å². The fourth-order valence-corrected chi connectivity index (χ4v) is 2.13. The summed E-state index contributed by atoms with van der Waals surface area (Å²) in [5, 5.41) is 3.48. The molecule has 2 heteroatoms. The van der Waals surface area contributed by atoms with E-state index in [1.54, 1.807) is 0 Å². The molecule has 0 radical (unpaired) electrons. The molecule has 0 aliphatic heterocycles. The van der Waals surface area contributed by atoms with E-state index in [1.807, 2.05) is 0 Å². The van der Waals surface area contributed by atoms with Crippen LogP contribution in [0.4, 0.5) is 0 Å². The maximum absolute atomic E-state index is 3.48. The fourth-order valence-electron chi connectivity index (χ4n) is 2.13. The van der Waals surface area contributed by atoms with Gasteiger partial charge >= 0.3 is 0 Å². The van der Waals surface area contributed by atoms with Gasteiger partial charge in [0.15, 0.2) is 0 Å². The van der Waals surface area contributed by atoms with Gasteiger partial charge in [-0.3, -0.25) is 4.90 Å². The lowest BCUT2D eigenvalue weighted by atomic mass is 10.0. The monoisotopic (exact) mass is 262 g/mol. The van der Waals surface area contributed by atoms with E-state index in [-0.39, 0.29) is 0 Å². The maximum Gasteiger partial charge on any atom is 0.0234 e. The molecule has 108 valence electrons. The zero-order chi connectivity index (χ0) is 14.3. The Morgan fingerprint density at radius 2 is 1.68 bits per heavy atom. The molecule has 0 saturated carbocycles. The standard InChI is InChI=1S/C17H30N2/c1-6-19(12-11-18-15(4)5)13-16-7-9-17(10-8-16)14(2)3/h7-10,14-15,18H,6,11-13H2,1-5H3. The smallest absolute Gasteiger partial charge is 0.0234 e. The highest BCUT2D eigenvalue weighted by atomic mass is 15.1. The summed E-state index contributed by atoms with van der Waals surface area (Å²) in [7, 11) is 0. The van der Waals surface area contributed by atoms with Crippen molar-refractivity contribution >= 4 is 0 Å². The summed E-state index contributed by atoms with van der Waals surface area (Å²) < 4.78 is 0. The van der Waals surface area contributed by atoms with Gasteiger partial charge in [-0.15, -0.1) is 0 Å². The first-order valence-corrected chi connectivity index (χ1v) is 7.57. The third-order valence-corrected chi connectivity index (χ3v) is 3.48. The summed E-state index contributed by atoms with van der Waals surface area (Å²) in [6.45, 7) is 15.4. The molecule has 0 aliphatic carbocycles. The summed E-state index contributed by atoms with van der Waals surface area (Å²) in [4.78, 5) is 2.49. The number of benzene rings is 1. The van der Waals surface area contributed by atoms with Crippen molar-refractivity contribution in [2.45, 2.75) is 53.1 Å². The van der Waals surface area contributed by atoms with E-state index < -0.39 is 0 Å². The molecule has 0 spiro atoms. The third-order valence-electron chi connectivity index (χ3n) is 3.48.